The molecule has 0 aliphatic heterocycles. The normalized spacial score (nSPS) is 11.2. The van der Waals surface area contributed by atoms with Gasteiger partial charge in [0.25, 0.3) is 0 Å². The fraction of sp³-hybridized carbons (Fsp3) is 0.261. The highest BCUT2D eigenvalue weighted by Crippen LogP contribution is 2.26. The van der Waals surface area contributed by atoms with Crippen molar-refractivity contribution in [2.75, 3.05) is 5.32 Å². The van der Waals surface area contributed by atoms with E-state index in [0.29, 0.717) is 30.1 Å². The number of rotatable bonds is 6. The third-order valence-electron chi connectivity index (χ3n) is 5.03. The highest BCUT2D eigenvalue weighted by molar-refractivity contribution is 6.33. The minimum atomic E-state index is -0.0665. The largest absolute Gasteiger partial charge is 0.325 e. The monoisotopic (exact) mass is 421 g/mol. The number of benzene rings is 1. The third-order valence-corrected chi connectivity index (χ3v) is 5.34. The molecule has 3 heterocycles. The summed E-state index contributed by atoms with van der Waals surface area (Å²) in [6.45, 7) is 6.63. The molecule has 4 rings (SSSR count). The number of hydrogen-bond donors (Lipinski definition) is 1. The Hall–Kier alpha value is -3.12. The fourth-order valence-corrected chi connectivity index (χ4v) is 3.91. The number of amides is 1. The molecule has 0 fully saturated rings. The zero-order chi connectivity index (χ0) is 21.3. The maximum absolute atomic E-state index is 12.4. The fourth-order valence-electron chi connectivity index (χ4n) is 3.63. The number of aromatic nitrogens is 4. The maximum Gasteiger partial charge on any atom is 0.224 e. The number of fused-ring (bicyclic) bond motifs is 1. The lowest BCUT2D eigenvalue weighted by Crippen LogP contribution is -2.13. The summed E-state index contributed by atoms with van der Waals surface area (Å²) in [4.78, 5) is 17.1. The van der Waals surface area contributed by atoms with Gasteiger partial charge in [0, 0.05) is 31.1 Å². The molecule has 0 saturated heterocycles. The second kappa shape index (κ2) is 8.32. The van der Waals surface area contributed by atoms with Gasteiger partial charge in [0.05, 0.1) is 16.1 Å². The van der Waals surface area contributed by atoms with E-state index in [1.54, 1.807) is 0 Å². The lowest BCUT2D eigenvalue weighted by atomic mass is 10.2. The van der Waals surface area contributed by atoms with Crippen LogP contribution in [0.1, 0.15) is 29.7 Å². The molecule has 1 aromatic carbocycles. The van der Waals surface area contributed by atoms with Gasteiger partial charge in [-0.05, 0) is 68.7 Å². The van der Waals surface area contributed by atoms with Gasteiger partial charge in [-0.2, -0.15) is 5.10 Å². The van der Waals surface area contributed by atoms with Gasteiger partial charge in [-0.3, -0.25) is 4.79 Å². The van der Waals surface area contributed by atoms with Crippen LogP contribution >= 0.6 is 11.6 Å². The predicted octanol–water partition coefficient (Wildman–Crippen LogP) is 5.22. The molecule has 1 amide bonds. The van der Waals surface area contributed by atoms with E-state index in [-0.39, 0.29) is 5.91 Å². The van der Waals surface area contributed by atoms with E-state index in [2.05, 4.69) is 18.3 Å². The highest BCUT2D eigenvalue weighted by Gasteiger charge is 2.16. The molecule has 0 bridgehead atoms. The first-order chi connectivity index (χ1) is 14.4. The number of halogens is 1. The van der Waals surface area contributed by atoms with E-state index >= 15 is 0 Å². The number of carbonyl (C=O) groups is 1. The van der Waals surface area contributed by atoms with Crippen LogP contribution in [-0.4, -0.2) is 25.2 Å². The van der Waals surface area contributed by atoms with Crippen LogP contribution in [-0.2, 0) is 11.3 Å². The molecule has 0 spiro atoms. The molecule has 6 nitrogen and oxygen atoms in total. The standard InChI is InChI=1S/C23H24ClN5O/c1-15-8-9-19(18(24)13-15)26-20(30)7-6-12-29-22-21(16(2)14-17(3)25-22)23(27-29)28-10-4-5-11-28/h4-5,8-11,13-14H,6-7,12H2,1-3H3,(H,26,30). The zero-order valence-corrected chi connectivity index (χ0v) is 18.1. The van der Waals surface area contributed by atoms with Crippen molar-refractivity contribution in [2.24, 2.45) is 0 Å². The van der Waals surface area contributed by atoms with E-state index in [1.165, 1.54) is 0 Å². The third kappa shape index (κ3) is 4.09. The van der Waals surface area contributed by atoms with Gasteiger partial charge in [-0.25, -0.2) is 9.67 Å². The van der Waals surface area contributed by atoms with Crippen molar-refractivity contribution in [1.82, 2.24) is 19.3 Å². The van der Waals surface area contributed by atoms with Crippen LogP contribution in [0.15, 0.2) is 48.8 Å². The Bertz CT molecular complexity index is 1210. The Kier molecular flexibility index (Phi) is 5.59. The van der Waals surface area contributed by atoms with Crippen LogP contribution in [0.5, 0.6) is 0 Å². The number of nitrogens with zero attached hydrogens (tertiary/aromatic N) is 4. The summed E-state index contributed by atoms with van der Waals surface area (Å²) in [6.07, 6.45) is 4.97. The minimum Gasteiger partial charge on any atom is -0.325 e. The molecule has 30 heavy (non-hydrogen) atoms. The van der Waals surface area contributed by atoms with Gasteiger partial charge in [-0.1, -0.05) is 17.7 Å². The molecule has 1 N–H and O–H groups in total. The lowest BCUT2D eigenvalue weighted by molar-refractivity contribution is -0.116. The van der Waals surface area contributed by atoms with Crippen molar-refractivity contribution in [3.05, 3.63) is 70.6 Å². The average Bonchev–Trinajstić information content (AvgIpc) is 3.32. The van der Waals surface area contributed by atoms with E-state index < -0.39 is 0 Å². The number of pyridine rings is 1. The molecule has 0 saturated carbocycles. The van der Waals surface area contributed by atoms with Gasteiger partial charge < -0.3 is 9.88 Å². The predicted molar refractivity (Wildman–Crippen MR) is 120 cm³/mol. The first-order valence-corrected chi connectivity index (χ1v) is 10.3. The molecule has 0 unspecified atom stereocenters. The Morgan fingerprint density at radius 3 is 2.63 bits per heavy atom. The van der Waals surface area contributed by atoms with Crippen LogP contribution < -0.4 is 5.32 Å². The van der Waals surface area contributed by atoms with Crippen molar-refractivity contribution in [3.8, 4) is 5.82 Å². The summed E-state index contributed by atoms with van der Waals surface area (Å²) >= 11 is 6.21. The van der Waals surface area contributed by atoms with Crippen molar-refractivity contribution in [3.63, 3.8) is 0 Å². The van der Waals surface area contributed by atoms with Gasteiger partial charge >= 0.3 is 0 Å². The Morgan fingerprint density at radius 1 is 1.13 bits per heavy atom. The molecule has 0 aliphatic rings. The van der Waals surface area contributed by atoms with Gasteiger partial charge in [0.15, 0.2) is 11.5 Å². The smallest absolute Gasteiger partial charge is 0.224 e. The molecule has 0 atom stereocenters. The SMILES string of the molecule is Cc1ccc(NC(=O)CCCn2nc(-n3cccc3)c3c(C)cc(C)nc32)c(Cl)c1. The van der Waals surface area contributed by atoms with Crippen molar-refractivity contribution in [1.29, 1.82) is 0 Å². The van der Waals surface area contributed by atoms with Crippen LogP contribution in [0.4, 0.5) is 5.69 Å². The topological polar surface area (TPSA) is 64.7 Å². The number of anilines is 1. The van der Waals surface area contributed by atoms with Gasteiger partial charge in [0.1, 0.15) is 0 Å². The van der Waals surface area contributed by atoms with Crippen molar-refractivity contribution in [2.45, 2.75) is 40.2 Å². The zero-order valence-electron chi connectivity index (χ0n) is 17.3. The summed E-state index contributed by atoms with van der Waals surface area (Å²) in [5, 5.41) is 9.27. The van der Waals surface area contributed by atoms with Gasteiger partial charge in [0.2, 0.25) is 5.91 Å². The van der Waals surface area contributed by atoms with Crippen LogP contribution in [0, 0.1) is 20.8 Å². The molecule has 7 heteroatoms. The summed E-state index contributed by atoms with van der Waals surface area (Å²) in [5.41, 5.74) is 4.63. The molecule has 4 aromatic rings. The Labute approximate surface area is 180 Å². The van der Waals surface area contributed by atoms with Crippen LogP contribution in [0.2, 0.25) is 5.02 Å². The number of nitrogens with one attached hydrogen (secondary N) is 1. The lowest BCUT2D eigenvalue weighted by Gasteiger charge is -2.08. The molecule has 154 valence electrons. The number of aryl methyl sites for hydroxylation is 4. The van der Waals surface area contributed by atoms with Crippen molar-refractivity contribution < 1.29 is 4.79 Å². The van der Waals surface area contributed by atoms with E-state index in [9.17, 15) is 4.79 Å². The Morgan fingerprint density at radius 2 is 1.90 bits per heavy atom. The summed E-state index contributed by atoms with van der Waals surface area (Å²) in [5.74, 6) is 0.791. The van der Waals surface area contributed by atoms with E-state index in [0.717, 1.165) is 33.7 Å². The highest BCUT2D eigenvalue weighted by atomic mass is 35.5. The first-order valence-electron chi connectivity index (χ1n) is 9.96. The van der Waals surface area contributed by atoms with E-state index in [1.807, 2.05) is 65.8 Å². The van der Waals surface area contributed by atoms with Gasteiger partial charge in [-0.15, -0.1) is 0 Å². The minimum absolute atomic E-state index is 0.0665. The Balaban J connectivity index is 1.51. The molecular weight excluding hydrogens is 398 g/mol. The average molecular weight is 422 g/mol. The second-order valence-electron chi connectivity index (χ2n) is 7.55. The molecular formula is C23H24ClN5O. The van der Waals surface area contributed by atoms with Crippen LogP contribution in [0.3, 0.4) is 0 Å². The summed E-state index contributed by atoms with van der Waals surface area (Å²) < 4.78 is 3.89. The molecule has 0 radical (unpaired) electrons. The van der Waals surface area contributed by atoms with Crippen LogP contribution in [0.25, 0.3) is 16.9 Å². The second-order valence-corrected chi connectivity index (χ2v) is 7.96. The van der Waals surface area contributed by atoms with Crippen molar-refractivity contribution >= 4 is 34.2 Å². The number of hydrogen-bond acceptors (Lipinski definition) is 3. The maximum atomic E-state index is 12.4. The first kappa shape index (κ1) is 20.2. The quantitative estimate of drug-likeness (QED) is 0.464. The molecule has 0 aliphatic carbocycles. The molecule has 3 aromatic heterocycles. The number of carbonyl (C=O) groups excluding carboxylic acids is 1. The summed E-state index contributed by atoms with van der Waals surface area (Å²) in [6, 6.07) is 11.6. The summed E-state index contributed by atoms with van der Waals surface area (Å²) in [7, 11) is 0. The van der Waals surface area contributed by atoms with E-state index in [4.69, 9.17) is 21.7 Å².